The Morgan fingerprint density at radius 2 is 2.06 bits per heavy atom. The van der Waals surface area contributed by atoms with Gasteiger partial charge in [0.2, 0.25) is 5.89 Å². The number of aryl methyl sites for hydroxylation is 2. The van der Waals surface area contributed by atoms with Crippen molar-refractivity contribution in [3.8, 4) is 28.3 Å². The van der Waals surface area contributed by atoms with Crippen molar-refractivity contribution in [1.29, 1.82) is 0 Å². The first-order chi connectivity index (χ1) is 15.0. The number of nitrogens with two attached hydrogens (primary N) is 1. The number of hydrogen-bond acceptors (Lipinski definition) is 8. The van der Waals surface area contributed by atoms with Gasteiger partial charge in [-0.15, -0.1) is 0 Å². The summed E-state index contributed by atoms with van der Waals surface area (Å²) in [5, 5.41) is 12.8. The van der Waals surface area contributed by atoms with Gasteiger partial charge in [0.15, 0.2) is 11.6 Å². The molecule has 10 nitrogen and oxygen atoms in total. The topological polar surface area (TPSA) is 122 Å². The molecule has 0 amide bonds. The molecule has 0 radical (unpaired) electrons. The maximum atomic E-state index is 6.24. The molecule has 4 heterocycles. The fourth-order valence-corrected chi connectivity index (χ4v) is 3.66. The highest BCUT2D eigenvalue weighted by Crippen LogP contribution is 2.36. The van der Waals surface area contributed by atoms with Crippen molar-refractivity contribution in [2.24, 2.45) is 7.05 Å². The normalized spacial score (nSPS) is 11.3. The number of anilines is 1. The number of hydrogen-bond donors (Lipinski definition) is 1. The lowest BCUT2D eigenvalue weighted by Crippen LogP contribution is -2.01. The van der Waals surface area contributed by atoms with Gasteiger partial charge in [-0.3, -0.25) is 4.68 Å². The van der Waals surface area contributed by atoms with Crippen LogP contribution in [0.15, 0.2) is 47.4 Å². The third-order valence-electron chi connectivity index (χ3n) is 5.07. The monoisotopic (exact) mass is 416 g/mol. The summed E-state index contributed by atoms with van der Waals surface area (Å²) in [4.78, 5) is 8.46. The number of nitrogens with zero attached hydrogens (tertiary/aromatic N) is 7. The molecule has 0 fully saturated rings. The van der Waals surface area contributed by atoms with Crippen molar-refractivity contribution in [2.75, 3.05) is 12.8 Å². The molecular formula is C21H20N8O2. The Bertz CT molecular complexity index is 1400. The third-order valence-corrected chi connectivity index (χ3v) is 5.07. The molecule has 10 heteroatoms. The fraction of sp³-hybridized carbons (Fsp3) is 0.190. The molecular weight excluding hydrogens is 396 g/mol. The maximum Gasteiger partial charge on any atom is 0.231 e. The lowest BCUT2D eigenvalue weighted by atomic mass is 10.0. The van der Waals surface area contributed by atoms with Gasteiger partial charge >= 0.3 is 0 Å². The zero-order valence-corrected chi connectivity index (χ0v) is 17.3. The standard InChI is InChI=1S/C21H20N8O2/c1-12-25-19(31-27-12)9-14-5-4-13(8-18(14)30-3)15-10-17(16-6-7-28(2)26-16)29-20(15)21(22)23-11-24-29/h4-8,10-11H,9H2,1-3H3,(H2,22,23,24). The second-order valence-corrected chi connectivity index (χ2v) is 7.16. The second-order valence-electron chi connectivity index (χ2n) is 7.16. The molecule has 31 heavy (non-hydrogen) atoms. The smallest absolute Gasteiger partial charge is 0.231 e. The van der Waals surface area contributed by atoms with Crippen molar-refractivity contribution >= 4 is 11.3 Å². The summed E-state index contributed by atoms with van der Waals surface area (Å²) in [5.74, 6) is 2.23. The van der Waals surface area contributed by atoms with E-state index in [0.717, 1.165) is 28.1 Å². The van der Waals surface area contributed by atoms with Gasteiger partial charge in [0.25, 0.3) is 0 Å². The van der Waals surface area contributed by atoms with E-state index in [1.54, 1.807) is 23.2 Å². The summed E-state index contributed by atoms with van der Waals surface area (Å²) < 4.78 is 14.4. The van der Waals surface area contributed by atoms with Crippen LogP contribution in [0.3, 0.4) is 0 Å². The predicted molar refractivity (Wildman–Crippen MR) is 113 cm³/mol. The Labute approximate surface area is 177 Å². The summed E-state index contributed by atoms with van der Waals surface area (Å²) in [6.45, 7) is 1.79. The van der Waals surface area contributed by atoms with Crippen LogP contribution in [0.4, 0.5) is 5.82 Å². The Balaban J connectivity index is 1.63. The first-order valence-electron chi connectivity index (χ1n) is 9.62. The third kappa shape index (κ3) is 3.27. The molecule has 156 valence electrons. The van der Waals surface area contributed by atoms with E-state index in [0.29, 0.717) is 35.2 Å². The van der Waals surface area contributed by atoms with Gasteiger partial charge in [-0.05, 0) is 30.7 Å². The Hall–Kier alpha value is -4.21. The summed E-state index contributed by atoms with van der Waals surface area (Å²) >= 11 is 0. The average Bonchev–Trinajstić information content (AvgIpc) is 3.47. The fourth-order valence-electron chi connectivity index (χ4n) is 3.66. The molecule has 0 atom stereocenters. The molecule has 0 aliphatic carbocycles. The van der Waals surface area contributed by atoms with Crippen molar-refractivity contribution in [2.45, 2.75) is 13.3 Å². The lowest BCUT2D eigenvalue weighted by molar-refractivity contribution is 0.376. The second kappa shape index (κ2) is 7.24. The van der Waals surface area contributed by atoms with E-state index in [9.17, 15) is 0 Å². The van der Waals surface area contributed by atoms with Gasteiger partial charge in [-0.25, -0.2) is 9.50 Å². The number of fused-ring (bicyclic) bond motifs is 1. The van der Waals surface area contributed by atoms with Crippen LogP contribution in [0.2, 0.25) is 0 Å². The first-order valence-corrected chi connectivity index (χ1v) is 9.62. The Morgan fingerprint density at radius 3 is 2.77 bits per heavy atom. The minimum Gasteiger partial charge on any atom is -0.496 e. The minimum atomic E-state index is 0.386. The molecule has 0 aliphatic heterocycles. The van der Waals surface area contributed by atoms with Gasteiger partial charge < -0.3 is 15.0 Å². The summed E-state index contributed by atoms with van der Waals surface area (Å²) in [7, 11) is 3.51. The molecule has 2 N–H and O–H groups in total. The van der Waals surface area contributed by atoms with Gasteiger partial charge in [-0.1, -0.05) is 17.3 Å². The van der Waals surface area contributed by atoms with E-state index in [1.807, 2.05) is 43.6 Å². The van der Waals surface area contributed by atoms with Crippen molar-refractivity contribution < 1.29 is 9.26 Å². The van der Waals surface area contributed by atoms with Crippen LogP contribution in [0.1, 0.15) is 17.3 Å². The average molecular weight is 416 g/mol. The quantitative estimate of drug-likeness (QED) is 0.464. The van der Waals surface area contributed by atoms with Gasteiger partial charge in [0.1, 0.15) is 23.3 Å². The van der Waals surface area contributed by atoms with Crippen LogP contribution in [0.5, 0.6) is 5.75 Å². The number of methoxy groups -OCH3 is 1. The van der Waals surface area contributed by atoms with Crippen LogP contribution < -0.4 is 10.5 Å². The van der Waals surface area contributed by atoms with Crippen LogP contribution >= 0.6 is 0 Å². The Kier molecular flexibility index (Phi) is 4.39. The van der Waals surface area contributed by atoms with E-state index in [1.165, 1.54) is 6.33 Å². The highest BCUT2D eigenvalue weighted by atomic mass is 16.5. The molecule has 5 aromatic rings. The van der Waals surface area contributed by atoms with E-state index in [4.69, 9.17) is 15.0 Å². The Morgan fingerprint density at radius 1 is 1.19 bits per heavy atom. The number of ether oxygens (including phenoxy) is 1. The predicted octanol–water partition coefficient (Wildman–Crippen LogP) is 2.67. The van der Waals surface area contributed by atoms with E-state index < -0.39 is 0 Å². The van der Waals surface area contributed by atoms with Crippen molar-refractivity contribution in [1.82, 2.24) is 34.5 Å². The number of aromatic nitrogens is 7. The lowest BCUT2D eigenvalue weighted by Gasteiger charge is -2.09. The molecule has 0 unspecified atom stereocenters. The zero-order valence-electron chi connectivity index (χ0n) is 17.3. The summed E-state index contributed by atoms with van der Waals surface area (Å²) in [5.41, 5.74) is 11.3. The van der Waals surface area contributed by atoms with Crippen molar-refractivity contribution in [3.05, 3.63) is 60.1 Å². The molecule has 0 saturated heterocycles. The highest BCUT2D eigenvalue weighted by Gasteiger charge is 2.19. The maximum absolute atomic E-state index is 6.24. The number of nitrogen functional groups attached to an aromatic ring is 1. The molecule has 4 aromatic heterocycles. The molecule has 0 aliphatic rings. The van der Waals surface area contributed by atoms with Crippen LogP contribution in [-0.2, 0) is 13.5 Å². The molecule has 0 bridgehead atoms. The van der Waals surface area contributed by atoms with Gasteiger partial charge in [-0.2, -0.15) is 15.2 Å². The number of benzene rings is 1. The molecule has 0 spiro atoms. The van der Waals surface area contributed by atoms with Crippen molar-refractivity contribution in [3.63, 3.8) is 0 Å². The van der Waals surface area contributed by atoms with Crippen LogP contribution in [0, 0.1) is 6.92 Å². The number of rotatable bonds is 5. The van der Waals surface area contributed by atoms with E-state index in [-0.39, 0.29) is 0 Å². The SMILES string of the molecule is COc1cc(-c2cc(-c3ccn(C)n3)n3ncnc(N)c23)ccc1Cc1nc(C)no1. The van der Waals surface area contributed by atoms with Crippen LogP contribution in [-0.4, -0.2) is 41.6 Å². The summed E-state index contributed by atoms with van der Waals surface area (Å²) in [6, 6.07) is 9.89. The van der Waals surface area contributed by atoms with E-state index in [2.05, 4.69) is 25.3 Å². The molecule has 5 rings (SSSR count). The molecule has 1 aromatic carbocycles. The van der Waals surface area contributed by atoms with Gasteiger partial charge in [0.05, 0.1) is 19.2 Å². The van der Waals surface area contributed by atoms with Gasteiger partial charge in [0, 0.05) is 24.4 Å². The first kappa shape index (κ1) is 18.8. The van der Waals surface area contributed by atoms with Crippen LogP contribution in [0.25, 0.3) is 28.0 Å². The summed E-state index contributed by atoms with van der Waals surface area (Å²) in [6.07, 6.45) is 3.80. The highest BCUT2D eigenvalue weighted by molar-refractivity contribution is 5.91. The minimum absolute atomic E-state index is 0.386. The largest absolute Gasteiger partial charge is 0.496 e. The molecule has 0 saturated carbocycles. The zero-order chi connectivity index (χ0) is 21.5. The van der Waals surface area contributed by atoms with E-state index >= 15 is 0 Å².